The van der Waals surface area contributed by atoms with Gasteiger partial charge in [-0.1, -0.05) is 30.3 Å². The van der Waals surface area contributed by atoms with Crippen LogP contribution in [0, 0.1) is 0 Å². The topological polar surface area (TPSA) is 23.3 Å². The minimum absolute atomic E-state index is 0.550. The molecule has 0 heterocycles. The zero-order chi connectivity index (χ0) is 8.65. The number of rotatable bonds is 5. The second kappa shape index (κ2) is 6.00. The first-order valence-corrected chi connectivity index (χ1v) is 4.16. The SMILES string of the molecule is Cl[N-]CCOCc1ccccc1. The molecule has 0 aliphatic carbocycles. The summed E-state index contributed by atoms with van der Waals surface area (Å²) in [6, 6.07) is 10.0. The normalized spacial score (nSPS) is 10.1. The van der Waals surface area contributed by atoms with Gasteiger partial charge in [0.1, 0.15) is 0 Å². The van der Waals surface area contributed by atoms with Gasteiger partial charge in [-0.25, -0.2) is 0 Å². The lowest BCUT2D eigenvalue weighted by Crippen LogP contribution is -1.97. The molecule has 12 heavy (non-hydrogen) atoms. The highest BCUT2D eigenvalue weighted by Gasteiger charge is 1.87. The van der Waals surface area contributed by atoms with Gasteiger partial charge in [-0.2, -0.15) is 0 Å². The van der Waals surface area contributed by atoms with E-state index in [1.165, 1.54) is 5.56 Å². The molecule has 0 aromatic heterocycles. The maximum atomic E-state index is 5.28. The average Bonchev–Trinajstić information content (AvgIpc) is 2.14. The first-order chi connectivity index (χ1) is 5.93. The summed E-state index contributed by atoms with van der Waals surface area (Å²) in [7, 11) is 0. The van der Waals surface area contributed by atoms with Crippen molar-refractivity contribution in [2.45, 2.75) is 6.61 Å². The van der Waals surface area contributed by atoms with Crippen LogP contribution in [0.25, 0.3) is 4.84 Å². The van der Waals surface area contributed by atoms with Crippen LogP contribution in [-0.2, 0) is 11.3 Å². The lowest BCUT2D eigenvalue weighted by molar-refractivity contribution is 0.132. The average molecular weight is 185 g/mol. The molecule has 0 radical (unpaired) electrons. The molecule has 0 unspecified atom stereocenters. The Morgan fingerprint density at radius 1 is 1.25 bits per heavy atom. The van der Waals surface area contributed by atoms with E-state index in [1.807, 2.05) is 30.3 Å². The van der Waals surface area contributed by atoms with E-state index >= 15 is 0 Å². The lowest BCUT2D eigenvalue weighted by Gasteiger charge is -2.09. The maximum absolute atomic E-state index is 5.28. The van der Waals surface area contributed by atoms with Crippen molar-refractivity contribution in [3.63, 3.8) is 0 Å². The van der Waals surface area contributed by atoms with Crippen molar-refractivity contribution in [1.82, 2.24) is 0 Å². The summed E-state index contributed by atoms with van der Waals surface area (Å²) in [6.45, 7) is 1.76. The Kier molecular flexibility index (Phi) is 4.76. The van der Waals surface area contributed by atoms with Gasteiger partial charge in [0.05, 0.1) is 6.61 Å². The molecule has 3 heteroatoms. The molecule has 0 fully saturated rings. The molecule has 0 N–H and O–H groups in total. The summed E-state index contributed by atoms with van der Waals surface area (Å²) >= 11 is 5.13. The molecule has 2 nitrogen and oxygen atoms in total. The maximum Gasteiger partial charge on any atom is 0.0716 e. The summed E-state index contributed by atoms with van der Waals surface area (Å²) in [6.07, 6.45) is 0. The fourth-order valence-electron chi connectivity index (χ4n) is 0.863. The van der Waals surface area contributed by atoms with E-state index in [0.717, 1.165) is 0 Å². The van der Waals surface area contributed by atoms with Crippen LogP contribution in [-0.4, -0.2) is 13.2 Å². The standard InChI is InChI=1S/C9H11ClNO/c10-11-6-7-12-8-9-4-2-1-3-5-9/h1-5H,6-8H2/q-1. The molecule has 1 aromatic carbocycles. The predicted molar refractivity (Wildman–Crippen MR) is 50.2 cm³/mol. The summed E-state index contributed by atoms with van der Waals surface area (Å²) in [4.78, 5) is 3.41. The molecule has 0 saturated heterocycles. The zero-order valence-electron chi connectivity index (χ0n) is 6.74. The molecular weight excluding hydrogens is 174 g/mol. The van der Waals surface area contributed by atoms with Crippen molar-refractivity contribution in [3.8, 4) is 0 Å². The molecule has 1 aromatic rings. The third kappa shape index (κ3) is 3.72. The Labute approximate surface area is 77.6 Å². The Morgan fingerprint density at radius 3 is 2.67 bits per heavy atom. The van der Waals surface area contributed by atoms with Crippen molar-refractivity contribution >= 4 is 11.8 Å². The summed E-state index contributed by atoms with van der Waals surface area (Å²) in [5.74, 6) is 0. The number of hydrogen-bond acceptors (Lipinski definition) is 1. The Bertz CT molecular complexity index is 203. The molecule has 0 aliphatic heterocycles. The smallest absolute Gasteiger partial charge is 0.0716 e. The highest BCUT2D eigenvalue weighted by molar-refractivity contribution is 6.24. The fourth-order valence-corrected chi connectivity index (χ4v) is 0.932. The van der Waals surface area contributed by atoms with E-state index in [1.54, 1.807) is 0 Å². The van der Waals surface area contributed by atoms with Gasteiger partial charge in [-0.3, -0.25) is 11.8 Å². The Hall–Kier alpha value is -0.570. The largest absolute Gasteiger partial charge is 0.573 e. The van der Waals surface area contributed by atoms with Crippen molar-refractivity contribution in [2.75, 3.05) is 13.2 Å². The Balaban J connectivity index is 2.16. The molecule has 0 atom stereocenters. The minimum atomic E-state index is 0.550. The molecule has 0 amide bonds. The Morgan fingerprint density at radius 2 is 2.00 bits per heavy atom. The van der Waals surface area contributed by atoms with Crippen LogP contribution in [0.4, 0.5) is 0 Å². The van der Waals surface area contributed by atoms with Gasteiger partial charge >= 0.3 is 0 Å². The number of nitrogens with zero attached hydrogens (tertiary/aromatic N) is 1. The van der Waals surface area contributed by atoms with Crippen LogP contribution < -0.4 is 0 Å². The summed E-state index contributed by atoms with van der Waals surface area (Å²) in [5.41, 5.74) is 1.17. The van der Waals surface area contributed by atoms with Crippen LogP contribution in [0.5, 0.6) is 0 Å². The van der Waals surface area contributed by atoms with E-state index < -0.39 is 0 Å². The summed E-state index contributed by atoms with van der Waals surface area (Å²) < 4.78 is 5.28. The van der Waals surface area contributed by atoms with E-state index in [2.05, 4.69) is 4.84 Å². The van der Waals surface area contributed by atoms with Gasteiger partial charge < -0.3 is 9.57 Å². The highest BCUT2D eigenvalue weighted by atomic mass is 35.5. The third-order valence-electron chi connectivity index (χ3n) is 1.43. The fraction of sp³-hybridized carbons (Fsp3) is 0.333. The van der Waals surface area contributed by atoms with Gasteiger partial charge in [0.2, 0.25) is 0 Å². The number of hydrogen-bond donors (Lipinski definition) is 0. The van der Waals surface area contributed by atoms with Crippen molar-refractivity contribution in [3.05, 3.63) is 40.7 Å². The van der Waals surface area contributed by atoms with Crippen LogP contribution in [0.1, 0.15) is 5.56 Å². The molecular formula is C9H11ClNO-. The minimum Gasteiger partial charge on any atom is -0.573 e. The second-order valence-corrected chi connectivity index (χ2v) is 2.62. The quantitative estimate of drug-likeness (QED) is 0.646. The molecule has 1 rings (SSSR count). The number of halogens is 1. The van der Waals surface area contributed by atoms with E-state index in [4.69, 9.17) is 16.5 Å². The lowest BCUT2D eigenvalue weighted by atomic mass is 10.2. The molecule has 0 bridgehead atoms. The van der Waals surface area contributed by atoms with E-state index in [9.17, 15) is 0 Å². The van der Waals surface area contributed by atoms with Crippen molar-refractivity contribution in [1.29, 1.82) is 0 Å². The molecule has 66 valence electrons. The van der Waals surface area contributed by atoms with Crippen LogP contribution in [0.3, 0.4) is 0 Å². The second-order valence-electron chi connectivity index (χ2n) is 2.38. The first kappa shape index (κ1) is 9.52. The summed E-state index contributed by atoms with van der Waals surface area (Å²) in [5, 5.41) is 0. The van der Waals surface area contributed by atoms with Gasteiger partial charge in [0.15, 0.2) is 0 Å². The highest BCUT2D eigenvalue weighted by Crippen LogP contribution is 2.00. The predicted octanol–water partition coefficient (Wildman–Crippen LogP) is 2.73. The number of benzene rings is 1. The van der Waals surface area contributed by atoms with Gasteiger partial charge in [-0.15, -0.1) is 6.54 Å². The molecule has 0 spiro atoms. The van der Waals surface area contributed by atoms with Crippen molar-refractivity contribution < 1.29 is 4.74 Å². The van der Waals surface area contributed by atoms with Gasteiger partial charge in [-0.05, 0) is 5.56 Å². The van der Waals surface area contributed by atoms with Crippen molar-refractivity contribution in [2.24, 2.45) is 0 Å². The van der Waals surface area contributed by atoms with Gasteiger partial charge in [0.25, 0.3) is 0 Å². The van der Waals surface area contributed by atoms with E-state index in [0.29, 0.717) is 19.8 Å². The van der Waals surface area contributed by atoms with Crippen LogP contribution in [0.2, 0.25) is 0 Å². The molecule has 0 aliphatic rings. The number of ether oxygens (including phenoxy) is 1. The monoisotopic (exact) mass is 184 g/mol. The van der Waals surface area contributed by atoms with E-state index in [-0.39, 0.29) is 0 Å². The molecule has 0 saturated carbocycles. The zero-order valence-corrected chi connectivity index (χ0v) is 7.50. The van der Waals surface area contributed by atoms with Gasteiger partial charge in [0, 0.05) is 6.61 Å². The third-order valence-corrected chi connectivity index (χ3v) is 1.60. The van der Waals surface area contributed by atoms with Crippen LogP contribution >= 0.6 is 11.8 Å². The van der Waals surface area contributed by atoms with Crippen LogP contribution in [0.15, 0.2) is 30.3 Å². The first-order valence-electron chi connectivity index (χ1n) is 3.83.